The smallest absolute Gasteiger partial charge is 0.261 e. The predicted molar refractivity (Wildman–Crippen MR) is 127 cm³/mol. The molecule has 1 atom stereocenters. The maximum atomic E-state index is 13.3. The van der Waals surface area contributed by atoms with Crippen LogP contribution in [-0.2, 0) is 16.1 Å². The van der Waals surface area contributed by atoms with Crippen LogP contribution in [0.4, 0.5) is 0 Å². The van der Waals surface area contributed by atoms with E-state index in [0.717, 1.165) is 22.4 Å². The Morgan fingerprint density at radius 2 is 1.75 bits per heavy atom. The van der Waals surface area contributed by atoms with E-state index < -0.39 is 6.04 Å². The molecule has 0 bridgehead atoms. The van der Waals surface area contributed by atoms with E-state index >= 15 is 0 Å². The number of carbonyl (C=O) groups is 2. The molecular weight excluding hydrogens is 404 g/mol. The fraction of sp³-hybridized carbons (Fsp3) is 0.462. The van der Waals surface area contributed by atoms with Crippen molar-refractivity contribution in [2.24, 2.45) is 5.92 Å². The number of aryl methyl sites for hydroxylation is 2. The Kier molecular flexibility index (Phi) is 9.57. The van der Waals surface area contributed by atoms with E-state index in [-0.39, 0.29) is 18.4 Å². The van der Waals surface area contributed by atoms with Gasteiger partial charge in [-0.3, -0.25) is 9.59 Å². The number of methoxy groups -OCH3 is 1. The van der Waals surface area contributed by atoms with Gasteiger partial charge < -0.3 is 19.7 Å². The third kappa shape index (κ3) is 7.29. The highest BCUT2D eigenvalue weighted by atomic mass is 16.5. The Morgan fingerprint density at radius 1 is 1.06 bits per heavy atom. The van der Waals surface area contributed by atoms with E-state index in [4.69, 9.17) is 9.47 Å². The Hall–Kier alpha value is -3.02. The summed E-state index contributed by atoms with van der Waals surface area (Å²) in [5.74, 6) is 1.37. The van der Waals surface area contributed by atoms with E-state index in [1.54, 1.807) is 12.0 Å². The summed E-state index contributed by atoms with van der Waals surface area (Å²) >= 11 is 0. The van der Waals surface area contributed by atoms with E-state index in [0.29, 0.717) is 31.2 Å². The number of nitrogens with one attached hydrogen (secondary N) is 1. The summed E-state index contributed by atoms with van der Waals surface area (Å²) in [5, 5.41) is 2.97. The van der Waals surface area contributed by atoms with Gasteiger partial charge in [0.1, 0.15) is 17.5 Å². The average molecular weight is 441 g/mol. The molecule has 0 fully saturated rings. The zero-order chi connectivity index (χ0) is 23.7. The van der Waals surface area contributed by atoms with Gasteiger partial charge in [-0.25, -0.2) is 0 Å². The van der Waals surface area contributed by atoms with Crippen molar-refractivity contribution in [3.8, 4) is 11.5 Å². The molecule has 32 heavy (non-hydrogen) atoms. The van der Waals surface area contributed by atoms with Crippen LogP contribution in [0.2, 0.25) is 0 Å². The van der Waals surface area contributed by atoms with Crippen molar-refractivity contribution in [1.29, 1.82) is 0 Å². The van der Waals surface area contributed by atoms with Crippen LogP contribution in [0.5, 0.6) is 11.5 Å². The van der Waals surface area contributed by atoms with Crippen LogP contribution in [-0.4, -0.2) is 43.0 Å². The van der Waals surface area contributed by atoms with Crippen LogP contribution in [0.3, 0.4) is 0 Å². The normalized spacial score (nSPS) is 11.7. The Balaban J connectivity index is 2.21. The van der Waals surface area contributed by atoms with Gasteiger partial charge in [0.05, 0.1) is 7.11 Å². The Labute approximate surface area is 191 Å². The van der Waals surface area contributed by atoms with Gasteiger partial charge in [0.15, 0.2) is 6.61 Å². The minimum Gasteiger partial charge on any atom is -0.497 e. The molecule has 0 aromatic heterocycles. The first-order valence-electron chi connectivity index (χ1n) is 11.1. The molecule has 0 saturated carbocycles. The second-order valence-electron chi connectivity index (χ2n) is 8.49. The van der Waals surface area contributed by atoms with Crippen molar-refractivity contribution in [3.63, 3.8) is 0 Å². The summed E-state index contributed by atoms with van der Waals surface area (Å²) in [6, 6.07) is 12.8. The zero-order valence-electron chi connectivity index (χ0n) is 20.1. The van der Waals surface area contributed by atoms with Gasteiger partial charge >= 0.3 is 0 Å². The monoisotopic (exact) mass is 440 g/mol. The molecule has 0 unspecified atom stereocenters. The van der Waals surface area contributed by atoms with E-state index in [2.05, 4.69) is 5.32 Å². The Morgan fingerprint density at radius 3 is 2.31 bits per heavy atom. The van der Waals surface area contributed by atoms with Crippen molar-refractivity contribution in [1.82, 2.24) is 10.2 Å². The minimum atomic E-state index is -0.578. The summed E-state index contributed by atoms with van der Waals surface area (Å²) in [6.07, 6.45) is 0.509. The fourth-order valence-corrected chi connectivity index (χ4v) is 3.45. The standard InChI is InChI=1S/C26H36N2O4/c1-7-23(26(30)27-15-18(2)3)28(16-21-9-11-22(31-6)12-10-21)25(29)17-32-24-13-8-19(4)14-20(24)5/h8-14,18,23H,7,15-17H2,1-6H3,(H,27,30)/t23-/m0/s1. The molecule has 2 aromatic rings. The van der Waals surface area contributed by atoms with Crippen LogP contribution >= 0.6 is 0 Å². The molecule has 0 aliphatic rings. The van der Waals surface area contributed by atoms with Gasteiger partial charge in [-0.05, 0) is 55.5 Å². The van der Waals surface area contributed by atoms with Crippen LogP contribution in [0.15, 0.2) is 42.5 Å². The van der Waals surface area contributed by atoms with Crippen molar-refractivity contribution >= 4 is 11.8 Å². The van der Waals surface area contributed by atoms with Crippen LogP contribution < -0.4 is 14.8 Å². The molecule has 0 aliphatic heterocycles. The second-order valence-corrected chi connectivity index (χ2v) is 8.49. The maximum absolute atomic E-state index is 13.3. The van der Waals surface area contributed by atoms with E-state index in [9.17, 15) is 9.59 Å². The lowest BCUT2D eigenvalue weighted by Crippen LogP contribution is -2.50. The Bertz CT molecular complexity index is 893. The number of nitrogens with zero attached hydrogens (tertiary/aromatic N) is 1. The van der Waals surface area contributed by atoms with Crippen molar-refractivity contribution in [2.45, 2.75) is 53.6 Å². The predicted octanol–water partition coefficient (Wildman–Crippen LogP) is 4.27. The third-order valence-corrected chi connectivity index (χ3v) is 5.26. The minimum absolute atomic E-state index is 0.131. The largest absolute Gasteiger partial charge is 0.497 e. The molecule has 6 nitrogen and oxygen atoms in total. The molecule has 174 valence electrons. The lowest BCUT2D eigenvalue weighted by atomic mass is 10.1. The number of benzene rings is 2. The lowest BCUT2D eigenvalue weighted by Gasteiger charge is -2.31. The van der Waals surface area contributed by atoms with Crippen molar-refractivity contribution in [2.75, 3.05) is 20.3 Å². The van der Waals surface area contributed by atoms with Gasteiger partial charge in [0, 0.05) is 13.1 Å². The summed E-state index contributed by atoms with van der Waals surface area (Å²) < 4.78 is 11.1. The maximum Gasteiger partial charge on any atom is 0.261 e. The average Bonchev–Trinajstić information content (AvgIpc) is 2.77. The first-order valence-corrected chi connectivity index (χ1v) is 11.1. The van der Waals surface area contributed by atoms with E-state index in [1.165, 1.54) is 0 Å². The number of hydrogen-bond donors (Lipinski definition) is 1. The number of rotatable bonds is 11. The first kappa shape index (κ1) is 25.2. The quantitative estimate of drug-likeness (QED) is 0.567. The van der Waals surface area contributed by atoms with Gasteiger partial charge in [-0.2, -0.15) is 0 Å². The molecule has 2 rings (SSSR count). The summed E-state index contributed by atoms with van der Waals surface area (Å²) in [6.45, 7) is 10.7. The second kappa shape index (κ2) is 12.1. The zero-order valence-corrected chi connectivity index (χ0v) is 20.1. The number of hydrogen-bond acceptors (Lipinski definition) is 4. The number of ether oxygens (including phenoxy) is 2. The van der Waals surface area contributed by atoms with Gasteiger partial charge in [0.25, 0.3) is 5.91 Å². The highest BCUT2D eigenvalue weighted by molar-refractivity contribution is 5.88. The van der Waals surface area contributed by atoms with Crippen molar-refractivity contribution < 1.29 is 19.1 Å². The third-order valence-electron chi connectivity index (χ3n) is 5.26. The fourth-order valence-electron chi connectivity index (χ4n) is 3.45. The van der Waals surface area contributed by atoms with Crippen LogP contribution in [0.1, 0.15) is 43.9 Å². The molecular formula is C26H36N2O4. The summed E-state index contributed by atoms with van der Waals surface area (Å²) in [5.41, 5.74) is 3.03. The topological polar surface area (TPSA) is 67.9 Å². The highest BCUT2D eigenvalue weighted by Gasteiger charge is 2.29. The van der Waals surface area contributed by atoms with Gasteiger partial charge in [-0.1, -0.05) is 50.6 Å². The molecule has 0 aliphatic carbocycles. The number of amides is 2. The molecule has 2 aromatic carbocycles. The first-order chi connectivity index (χ1) is 15.2. The highest BCUT2D eigenvalue weighted by Crippen LogP contribution is 2.20. The summed E-state index contributed by atoms with van der Waals surface area (Å²) in [7, 11) is 1.61. The van der Waals surface area contributed by atoms with Crippen LogP contribution in [0.25, 0.3) is 0 Å². The SMILES string of the molecule is CC[C@@H](C(=O)NCC(C)C)N(Cc1ccc(OC)cc1)C(=O)COc1ccc(C)cc1C. The van der Waals surface area contributed by atoms with Gasteiger partial charge in [-0.15, -0.1) is 0 Å². The van der Waals surface area contributed by atoms with Gasteiger partial charge in [0.2, 0.25) is 5.91 Å². The van der Waals surface area contributed by atoms with Crippen LogP contribution in [0, 0.1) is 19.8 Å². The van der Waals surface area contributed by atoms with E-state index in [1.807, 2.05) is 77.1 Å². The molecule has 0 heterocycles. The van der Waals surface area contributed by atoms with Crippen molar-refractivity contribution in [3.05, 3.63) is 59.2 Å². The molecule has 0 spiro atoms. The number of carbonyl (C=O) groups excluding carboxylic acids is 2. The molecule has 0 radical (unpaired) electrons. The molecule has 0 saturated heterocycles. The molecule has 2 amide bonds. The molecule has 6 heteroatoms. The summed E-state index contributed by atoms with van der Waals surface area (Å²) in [4.78, 5) is 27.8. The lowest BCUT2D eigenvalue weighted by molar-refractivity contribution is -0.143. The molecule has 1 N–H and O–H groups in total.